The van der Waals surface area contributed by atoms with Crippen molar-refractivity contribution in [3.8, 4) is 0 Å². The van der Waals surface area contributed by atoms with Crippen molar-refractivity contribution in [1.29, 1.82) is 0 Å². The Bertz CT molecular complexity index is 439. The second-order valence-corrected chi connectivity index (χ2v) is 5.21. The predicted octanol–water partition coefficient (Wildman–Crippen LogP) is 3.35. The minimum Gasteiger partial charge on any atom is -0.214 e. The van der Waals surface area contributed by atoms with Gasteiger partial charge in [0.05, 0.1) is 4.91 Å². The fraction of sp³-hybridized carbons (Fsp3) is 0.400. The fourth-order valence-corrected chi connectivity index (χ4v) is 1.44. The van der Waals surface area contributed by atoms with E-state index in [-0.39, 0.29) is 0 Å². The van der Waals surface area contributed by atoms with Crippen molar-refractivity contribution >= 4 is 9.84 Å². The molecule has 92 valence electrons. The first-order valence-corrected chi connectivity index (χ1v) is 5.84. The third-order valence-corrected chi connectivity index (χ3v) is 3.50. The molecule has 0 N–H and O–H groups in total. The van der Waals surface area contributed by atoms with Gasteiger partial charge in [-0.1, -0.05) is 18.2 Å². The van der Waals surface area contributed by atoms with E-state index in [0.29, 0.717) is 11.1 Å². The molecule has 0 radical (unpaired) electrons. The lowest BCUT2D eigenvalue weighted by Gasteiger charge is -2.08. The summed E-state index contributed by atoms with van der Waals surface area (Å²) < 4.78 is 58.2. The molecule has 0 aromatic heterocycles. The van der Waals surface area contributed by atoms with Crippen molar-refractivity contribution in [3.63, 3.8) is 0 Å². The van der Waals surface area contributed by atoms with Crippen LogP contribution >= 0.6 is 0 Å². The molecule has 0 aromatic carbocycles. The number of sulfone groups is 1. The van der Waals surface area contributed by atoms with Crippen LogP contribution in [0.5, 0.6) is 0 Å². The number of hydrogen-bond donors (Lipinski definition) is 0. The van der Waals surface area contributed by atoms with Crippen molar-refractivity contribution in [3.05, 3.63) is 34.8 Å². The zero-order valence-corrected chi connectivity index (χ0v) is 10.0. The van der Waals surface area contributed by atoms with Gasteiger partial charge in [0.2, 0.25) is 0 Å². The van der Waals surface area contributed by atoms with Gasteiger partial charge in [-0.15, -0.1) is 0 Å². The Morgan fingerprint density at radius 3 is 1.94 bits per heavy atom. The van der Waals surface area contributed by atoms with Crippen LogP contribution in [-0.2, 0) is 9.84 Å². The largest absolute Gasteiger partial charge is 0.501 e. The van der Waals surface area contributed by atoms with Gasteiger partial charge in [-0.05, 0) is 32.4 Å². The van der Waals surface area contributed by atoms with Crippen molar-refractivity contribution in [2.24, 2.45) is 0 Å². The van der Waals surface area contributed by atoms with E-state index in [9.17, 15) is 21.6 Å². The highest BCUT2D eigenvalue weighted by Gasteiger charge is 2.46. The smallest absolute Gasteiger partial charge is 0.214 e. The summed E-state index contributed by atoms with van der Waals surface area (Å²) in [4.78, 5) is -0.946. The number of rotatable bonds is 3. The maximum absolute atomic E-state index is 12.1. The maximum atomic E-state index is 12.1. The van der Waals surface area contributed by atoms with Gasteiger partial charge < -0.3 is 0 Å². The van der Waals surface area contributed by atoms with Gasteiger partial charge in [0, 0.05) is 0 Å². The molecular formula is C10H13F3O2S. The molecule has 0 aliphatic carbocycles. The number of hydrogen-bond acceptors (Lipinski definition) is 2. The molecule has 0 aliphatic rings. The Morgan fingerprint density at radius 1 is 1.19 bits per heavy atom. The molecule has 2 nitrogen and oxygen atoms in total. The van der Waals surface area contributed by atoms with Gasteiger partial charge in [0.1, 0.15) is 0 Å². The standard InChI is InChI=1S/C10H13F3O2S/c1-5-7(2)8(3)6-9(4)16(14,15)10(11,12)13/h5-6H,4H2,1-3H3/b7-5-,8-6-. The monoisotopic (exact) mass is 254 g/mol. The fourth-order valence-electron chi connectivity index (χ4n) is 0.809. The molecule has 0 aromatic rings. The second kappa shape index (κ2) is 4.86. The van der Waals surface area contributed by atoms with E-state index in [0.717, 1.165) is 6.08 Å². The van der Waals surface area contributed by atoms with Crippen LogP contribution in [0.1, 0.15) is 20.8 Å². The highest BCUT2D eigenvalue weighted by molar-refractivity contribution is 7.96. The van der Waals surface area contributed by atoms with E-state index in [4.69, 9.17) is 0 Å². The van der Waals surface area contributed by atoms with Gasteiger partial charge >= 0.3 is 5.51 Å². The first-order chi connectivity index (χ1) is 7.04. The van der Waals surface area contributed by atoms with E-state index in [1.165, 1.54) is 6.92 Å². The lowest BCUT2D eigenvalue weighted by molar-refractivity contribution is -0.0425. The SMILES string of the molecule is C=C(/C=C(C)\C(C)=C/C)S(=O)(=O)C(F)(F)F. The lowest BCUT2D eigenvalue weighted by Crippen LogP contribution is -2.23. The summed E-state index contributed by atoms with van der Waals surface area (Å²) in [7, 11) is -5.31. The normalized spacial score (nSPS) is 15.1. The molecule has 0 bridgehead atoms. The molecule has 0 atom stereocenters. The Balaban J connectivity index is 5.30. The summed E-state index contributed by atoms with van der Waals surface area (Å²) in [6.07, 6.45) is 2.58. The average Bonchev–Trinajstić information content (AvgIpc) is 2.14. The average molecular weight is 254 g/mol. The Kier molecular flexibility index (Phi) is 4.55. The van der Waals surface area contributed by atoms with Crippen LogP contribution in [0.4, 0.5) is 13.2 Å². The third-order valence-electron chi connectivity index (χ3n) is 2.08. The second-order valence-electron chi connectivity index (χ2n) is 3.21. The van der Waals surface area contributed by atoms with E-state index >= 15 is 0 Å². The van der Waals surface area contributed by atoms with Crippen molar-refractivity contribution in [1.82, 2.24) is 0 Å². The minimum atomic E-state index is -5.31. The Hall–Kier alpha value is -1.04. The molecule has 6 heteroatoms. The summed E-state index contributed by atoms with van der Waals surface area (Å²) in [5.74, 6) is 0. The zero-order valence-electron chi connectivity index (χ0n) is 9.22. The van der Waals surface area contributed by atoms with Gasteiger partial charge in [-0.2, -0.15) is 13.2 Å². The maximum Gasteiger partial charge on any atom is 0.501 e. The molecule has 0 unspecified atom stereocenters. The van der Waals surface area contributed by atoms with Crippen LogP contribution in [0.15, 0.2) is 34.8 Å². The highest BCUT2D eigenvalue weighted by atomic mass is 32.2. The van der Waals surface area contributed by atoms with Crippen molar-refractivity contribution in [2.75, 3.05) is 0 Å². The van der Waals surface area contributed by atoms with E-state index in [2.05, 4.69) is 6.58 Å². The molecule has 0 aliphatic heterocycles. The molecule has 0 saturated heterocycles. The molecule has 0 heterocycles. The summed E-state index contributed by atoms with van der Waals surface area (Å²) in [5, 5.41) is 0. The number of halogens is 3. The van der Waals surface area contributed by atoms with Crippen LogP contribution in [0, 0.1) is 0 Å². The minimum absolute atomic E-state index is 0.431. The van der Waals surface area contributed by atoms with E-state index in [1.54, 1.807) is 19.9 Å². The summed E-state index contributed by atoms with van der Waals surface area (Å²) in [6.45, 7) is 7.83. The first kappa shape index (κ1) is 15.0. The summed E-state index contributed by atoms with van der Waals surface area (Å²) >= 11 is 0. The summed E-state index contributed by atoms with van der Waals surface area (Å²) in [6, 6.07) is 0. The predicted molar refractivity (Wildman–Crippen MR) is 57.3 cm³/mol. The molecular weight excluding hydrogens is 241 g/mol. The summed E-state index contributed by atoms with van der Waals surface area (Å²) in [5.41, 5.74) is -4.18. The van der Waals surface area contributed by atoms with Crippen LogP contribution in [0.25, 0.3) is 0 Å². The third kappa shape index (κ3) is 3.23. The molecule has 0 saturated carbocycles. The molecule has 0 spiro atoms. The zero-order chi connectivity index (χ0) is 13.1. The van der Waals surface area contributed by atoms with Crippen LogP contribution in [-0.4, -0.2) is 13.9 Å². The highest BCUT2D eigenvalue weighted by Crippen LogP contribution is 2.30. The molecule has 0 rings (SSSR count). The first-order valence-electron chi connectivity index (χ1n) is 4.36. The molecule has 0 fully saturated rings. The molecule has 16 heavy (non-hydrogen) atoms. The van der Waals surface area contributed by atoms with Gasteiger partial charge in [0.15, 0.2) is 0 Å². The van der Waals surface area contributed by atoms with Crippen LogP contribution < -0.4 is 0 Å². The van der Waals surface area contributed by atoms with E-state index < -0.39 is 20.3 Å². The quantitative estimate of drug-likeness (QED) is 0.724. The van der Waals surface area contributed by atoms with Gasteiger partial charge in [-0.3, -0.25) is 0 Å². The molecule has 0 amide bonds. The van der Waals surface area contributed by atoms with Gasteiger partial charge in [0.25, 0.3) is 9.84 Å². The Morgan fingerprint density at radius 2 is 1.62 bits per heavy atom. The number of allylic oxidation sites excluding steroid dienone is 4. The van der Waals surface area contributed by atoms with E-state index in [1.807, 2.05) is 0 Å². The number of alkyl halides is 3. The van der Waals surface area contributed by atoms with Gasteiger partial charge in [-0.25, -0.2) is 8.42 Å². The lowest BCUT2D eigenvalue weighted by atomic mass is 10.1. The van der Waals surface area contributed by atoms with Crippen molar-refractivity contribution < 1.29 is 21.6 Å². The van der Waals surface area contributed by atoms with Crippen molar-refractivity contribution in [2.45, 2.75) is 26.3 Å². The van der Waals surface area contributed by atoms with Crippen LogP contribution in [0.2, 0.25) is 0 Å². The Labute approximate surface area is 93.1 Å². The van der Waals surface area contributed by atoms with Crippen LogP contribution in [0.3, 0.4) is 0 Å². The topological polar surface area (TPSA) is 34.1 Å².